The average Bonchev–Trinajstić information content (AvgIpc) is 2.93. The molecule has 0 fully saturated rings. The van der Waals surface area contributed by atoms with Crippen LogP contribution in [0.15, 0.2) is 75.9 Å². The zero-order chi connectivity index (χ0) is 28.0. The van der Waals surface area contributed by atoms with Gasteiger partial charge in [-0.3, -0.25) is 14.3 Å². The van der Waals surface area contributed by atoms with E-state index < -0.39 is 10.1 Å². The Kier molecular flexibility index (Phi) is 8.52. The second-order valence-electron chi connectivity index (χ2n) is 8.58. The molecule has 1 aromatic heterocycles. The predicted octanol–water partition coefficient (Wildman–Crippen LogP) is 6.54. The summed E-state index contributed by atoms with van der Waals surface area (Å²) in [7, 11) is -4.53. The van der Waals surface area contributed by atoms with Crippen molar-refractivity contribution in [3.05, 3.63) is 66.4 Å². The number of nitrogens with zero attached hydrogens (tertiary/aromatic N) is 3. The van der Waals surface area contributed by atoms with Crippen molar-refractivity contribution >= 4 is 44.2 Å². The van der Waals surface area contributed by atoms with E-state index in [1.807, 2.05) is 6.92 Å². The maximum Gasteiger partial charge on any atom is 0.295 e. The predicted molar refractivity (Wildman–Crippen MR) is 149 cm³/mol. The van der Waals surface area contributed by atoms with Crippen LogP contribution < -0.4 is 15.2 Å². The van der Waals surface area contributed by atoms with Crippen LogP contribution >= 0.6 is 0 Å². The van der Waals surface area contributed by atoms with E-state index in [1.54, 1.807) is 48.5 Å². The van der Waals surface area contributed by atoms with Crippen LogP contribution in [-0.4, -0.2) is 37.5 Å². The van der Waals surface area contributed by atoms with Crippen LogP contribution in [0.4, 0.5) is 17.1 Å². The highest BCUT2D eigenvalue weighted by atomic mass is 32.2. The first-order chi connectivity index (χ1) is 18.8. The minimum Gasteiger partial charge on any atom is -0.490 e. The lowest BCUT2D eigenvalue weighted by molar-refractivity contribution is 0.112. The highest BCUT2D eigenvalue weighted by Crippen LogP contribution is 2.40. The molecule has 0 saturated carbocycles. The number of hydrogen-bond donors (Lipinski definition) is 2. The van der Waals surface area contributed by atoms with Gasteiger partial charge in [-0.2, -0.15) is 8.42 Å². The lowest BCUT2D eigenvalue weighted by atomic mass is 10.1. The third-order valence-corrected chi connectivity index (χ3v) is 6.75. The lowest BCUT2D eigenvalue weighted by Crippen LogP contribution is -2.04. The summed E-state index contributed by atoms with van der Waals surface area (Å²) in [5, 5.41) is 8.99. The molecule has 39 heavy (non-hydrogen) atoms. The van der Waals surface area contributed by atoms with Crippen LogP contribution in [0.2, 0.25) is 0 Å². The first kappa shape index (κ1) is 27.7. The number of aromatic nitrogens is 1. The van der Waals surface area contributed by atoms with Gasteiger partial charge >= 0.3 is 0 Å². The standard InChI is InChI=1S/C28H28N4O6S/c1-3-5-12-38-28-22(13-18(17-33)14-25(28)37-4-2)23-11-10-19(16-30-23)31-32-24-15-26(39(34,35)36)20-8-6-7-9-21(20)27(24)29/h6-11,13-17H,3-5,12,29H2,1-2H3,(H,34,35,36). The number of rotatable bonds is 11. The number of anilines is 1. The topological polar surface area (TPSA) is 154 Å². The SMILES string of the molecule is CCCCOc1c(OCC)cc(C=O)cc1-c1ccc(N=Nc2cc(S(=O)(=O)O)c3ccccc3c2N)cn1. The van der Waals surface area contributed by atoms with Crippen molar-refractivity contribution in [2.24, 2.45) is 10.2 Å². The number of benzene rings is 3. The summed E-state index contributed by atoms with van der Waals surface area (Å²) in [6, 6.07) is 14.4. The maximum atomic E-state index is 12.0. The smallest absolute Gasteiger partial charge is 0.295 e. The Morgan fingerprint density at radius 1 is 1.03 bits per heavy atom. The third-order valence-electron chi connectivity index (χ3n) is 5.86. The van der Waals surface area contributed by atoms with E-state index >= 15 is 0 Å². The molecule has 0 spiro atoms. The van der Waals surface area contributed by atoms with E-state index in [-0.39, 0.29) is 21.7 Å². The van der Waals surface area contributed by atoms with Gasteiger partial charge in [0.15, 0.2) is 11.5 Å². The number of pyridine rings is 1. The fourth-order valence-corrected chi connectivity index (χ4v) is 4.69. The number of azo groups is 1. The Morgan fingerprint density at radius 3 is 2.44 bits per heavy atom. The molecule has 0 saturated heterocycles. The van der Waals surface area contributed by atoms with E-state index in [9.17, 15) is 17.8 Å². The molecule has 1 heterocycles. The number of hydrogen-bond acceptors (Lipinski definition) is 9. The first-order valence-electron chi connectivity index (χ1n) is 12.3. The molecule has 4 aromatic rings. The van der Waals surface area contributed by atoms with Crippen LogP contribution in [-0.2, 0) is 10.1 Å². The number of carbonyl (C=O) groups is 1. The molecule has 4 rings (SSSR count). The molecule has 0 aliphatic carbocycles. The summed E-state index contributed by atoms with van der Waals surface area (Å²) in [5.41, 5.74) is 8.44. The van der Waals surface area contributed by atoms with Crippen molar-refractivity contribution in [3.63, 3.8) is 0 Å². The van der Waals surface area contributed by atoms with Gasteiger partial charge in [-0.1, -0.05) is 37.6 Å². The monoisotopic (exact) mass is 548 g/mol. The van der Waals surface area contributed by atoms with E-state index in [1.165, 1.54) is 12.3 Å². The van der Waals surface area contributed by atoms with Crippen molar-refractivity contribution in [3.8, 4) is 22.8 Å². The van der Waals surface area contributed by atoms with Gasteiger partial charge in [0.05, 0.1) is 30.8 Å². The van der Waals surface area contributed by atoms with Gasteiger partial charge in [0, 0.05) is 21.9 Å². The fraction of sp³-hybridized carbons (Fsp3) is 0.214. The van der Waals surface area contributed by atoms with E-state index in [2.05, 4.69) is 22.1 Å². The minimum absolute atomic E-state index is 0.0806. The van der Waals surface area contributed by atoms with Crippen molar-refractivity contribution in [2.75, 3.05) is 18.9 Å². The number of nitrogen functional groups attached to an aromatic ring is 1. The third kappa shape index (κ3) is 6.21. The van der Waals surface area contributed by atoms with Crippen LogP contribution in [0.1, 0.15) is 37.0 Å². The highest BCUT2D eigenvalue weighted by Gasteiger charge is 2.19. The van der Waals surface area contributed by atoms with Gasteiger partial charge in [0.2, 0.25) is 0 Å². The van der Waals surface area contributed by atoms with Crippen LogP contribution in [0, 0.1) is 0 Å². The number of aldehydes is 1. The van der Waals surface area contributed by atoms with Crippen molar-refractivity contribution in [2.45, 2.75) is 31.6 Å². The molecule has 0 radical (unpaired) electrons. The fourth-order valence-electron chi connectivity index (χ4n) is 3.97. The van der Waals surface area contributed by atoms with Crippen LogP contribution in [0.3, 0.4) is 0 Å². The molecular weight excluding hydrogens is 520 g/mol. The molecule has 10 nitrogen and oxygen atoms in total. The molecule has 3 N–H and O–H groups in total. The van der Waals surface area contributed by atoms with Crippen molar-refractivity contribution < 1.29 is 27.2 Å². The summed E-state index contributed by atoms with van der Waals surface area (Å²) < 4.78 is 45.4. The normalized spacial score (nSPS) is 11.7. The lowest BCUT2D eigenvalue weighted by Gasteiger charge is -2.16. The molecule has 0 aliphatic heterocycles. The number of nitrogens with two attached hydrogens (primary N) is 1. The summed E-state index contributed by atoms with van der Waals surface area (Å²) in [5.74, 6) is 0.958. The number of carbonyl (C=O) groups excluding carboxylic acids is 1. The Labute approximate surface area is 226 Å². The Hall–Kier alpha value is -4.35. The highest BCUT2D eigenvalue weighted by molar-refractivity contribution is 7.86. The zero-order valence-electron chi connectivity index (χ0n) is 21.5. The van der Waals surface area contributed by atoms with Gasteiger partial charge in [0.25, 0.3) is 10.1 Å². The van der Waals surface area contributed by atoms with E-state index in [0.29, 0.717) is 52.6 Å². The van der Waals surface area contributed by atoms with Gasteiger partial charge in [-0.15, -0.1) is 10.2 Å². The first-order valence-corrected chi connectivity index (χ1v) is 13.8. The molecule has 0 aliphatic rings. The van der Waals surface area contributed by atoms with Gasteiger partial charge < -0.3 is 15.2 Å². The molecule has 202 valence electrons. The molecule has 11 heteroatoms. The van der Waals surface area contributed by atoms with Crippen molar-refractivity contribution in [1.29, 1.82) is 0 Å². The van der Waals surface area contributed by atoms with E-state index in [0.717, 1.165) is 19.1 Å². The zero-order valence-corrected chi connectivity index (χ0v) is 22.3. The van der Waals surface area contributed by atoms with E-state index in [4.69, 9.17) is 15.2 Å². The van der Waals surface area contributed by atoms with Gasteiger partial charge in [-0.25, -0.2) is 0 Å². The quantitative estimate of drug-likeness (QED) is 0.0704. The Morgan fingerprint density at radius 2 is 1.79 bits per heavy atom. The second kappa shape index (κ2) is 12.0. The van der Waals surface area contributed by atoms with Gasteiger partial charge in [0.1, 0.15) is 22.6 Å². The maximum absolute atomic E-state index is 12.0. The molecule has 0 amide bonds. The number of fused-ring (bicyclic) bond motifs is 1. The summed E-state index contributed by atoms with van der Waals surface area (Å²) in [6.45, 7) is 4.79. The Balaban J connectivity index is 1.71. The summed E-state index contributed by atoms with van der Waals surface area (Å²) in [4.78, 5) is 15.7. The number of ether oxygens (including phenoxy) is 2. The Bertz CT molecular complexity index is 1640. The largest absolute Gasteiger partial charge is 0.490 e. The molecule has 0 atom stereocenters. The molecule has 0 bridgehead atoms. The second-order valence-corrected chi connectivity index (χ2v) is 9.97. The molecule has 0 unspecified atom stereocenters. The molecular formula is C28H28N4O6S. The summed E-state index contributed by atoms with van der Waals surface area (Å²) in [6.07, 6.45) is 4.02. The van der Waals surface area contributed by atoms with Crippen LogP contribution in [0.25, 0.3) is 22.0 Å². The minimum atomic E-state index is -4.53. The summed E-state index contributed by atoms with van der Waals surface area (Å²) >= 11 is 0. The number of unbranched alkanes of at least 4 members (excludes halogenated alkanes) is 1. The van der Waals surface area contributed by atoms with Gasteiger partial charge in [-0.05, 0) is 43.7 Å². The van der Waals surface area contributed by atoms with Crippen LogP contribution in [0.5, 0.6) is 11.5 Å². The van der Waals surface area contributed by atoms with Crippen molar-refractivity contribution in [1.82, 2.24) is 4.98 Å². The molecule has 3 aromatic carbocycles. The average molecular weight is 549 g/mol.